The molecule has 1 unspecified atom stereocenters. The van der Waals surface area contributed by atoms with Crippen LogP contribution in [0.15, 0.2) is 42.1 Å². The summed E-state index contributed by atoms with van der Waals surface area (Å²) in [5.41, 5.74) is 0. The molecule has 156 valence electrons. The van der Waals surface area contributed by atoms with Crippen LogP contribution >= 0.6 is 11.8 Å². The van der Waals surface area contributed by atoms with E-state index in [1.54, 1.807) is 13.2 Å². The number of aromatic nitrogens is 3. The molecular weight excluding hydrogens is 388 g/mol. The fraction of sp³-hybridized carbons (Fsp3) is 0.476. The average molecular weight is 417 g/mol. The molecule has 3 rings (SSSR count). The summed E-state index contributed by atoms with van der Waals surface area (Å²) in [5.74, 6) is 2.46. The van der Waals surface area contributed by atoms with Crippen LogP contribution in [0.2, 0.25) is 0 Å². The summed E-state index contributed by atoms with van der Waals surface area (Å²) >= 11 is 1.38. The van der Waals surface area contributed by atoms with Gasteiger partial charge < -0.3 is 14.8 Å². The summed E-state index contributed by atoms with van der Waals surface area (Å²) in [6.45, 7) is 6.29. The minimum atomic E-state index is -0.323. The van der Waals surface area contributed by atoms with Gasteiger partial charge in [0.1, 0.15) is 11.5 Å². The van der Waals surface area contributed by atoms with Crippen molar-refractivity contribution in [3.63, 3.8) is 0 Å². The van der Waals surface area contributed by atoms with Gasteiger partial charge in [0.05, 0.1) is 12.9 Å². The zero-order chi connectivity index (χ0) is 20.6. The number of thioether (sulfide) groups is 1. The van der Waals surface area contributed by atoms with Crippen LogP contribution in [0.25, 0.3) is 0 Å². The van der Waals surface area contributed by atoms with Gasteiger partial charge in [0, 0.05) is 18.7 Å². The first kappa shape index (κ1) is 21.2. The molecule has 1 N–H and O–H groups in total. The molecule has 0 aliphatic heterocycles. The Balaban J connectivity index is 1.65. The van der Waals surface area contributed by atoms with Crippen molar-refractivity contribution in [3.8, 4) is 11.5 Å². The number of carbonyl (C=O) groups is 1. The Hall–Kier alpha value is -2.48. The number of benzene rings is 1. The summed E-state index contributed by atoms with van der Waals surface area (Å²) in [4.78, 5) is 12.2. The predicted molar refractivity (Wildman–Crippen MR) is 113 cm³/mol. The molecule has 1 amide bonds. The Morgan fingerprint density at radius 1 is 1.38 bits per heavy atom. The maximum atomic E-state index is 12.2. The fourth-order valence-electron chi connectivity index (χ4n) is 3.41. The first-order valence-electron chi connectivity index (χ1n) is 9.87. The molecule has 2 aromatic rings. The standard InChI is InChI=1S/C21H28N4O3S/c1-4-12-25-20(15(2)28-18-11-7-10-17(13-18)27-3)23-24-21(25)29-14-19(26)22-16-8-5-6-9-16/h4,7,10-11,13,15-16H,1,5-6,8-9,12,14H2,2-3H3,(H,22,26). The molecule has 1 saturated carbocycles. The molecule has 0 saturated heterocycles. The number of carbonyl (C=O) groups excluding carboxylic acids is 1. The molecule has 0 radical (unpaired) electrons. The molecular formula is C21H28N4O3S. The van der Waals surface area contributed by atoms with Crippen LogP contribution in [-0.4, -0.2) is 39.6 Å². The molecule has 29 heavy (non-hydrogen) atoms. The highest BCUT2D eigenvalue weighted by Gasteiger charge is 2.21. The number of nitrogens with one attached hydrogen (secondary N) is 1. The second-order valence-corrected chi connectivity index (χ2v) is 7.96. The zero-order valence-electron chi connectivity index (χ0n) is 17.0. The van der Waals surface area contributed by atoms with Crippen molar-refractivity contribution in [1.29, 1.82) is 0 Å². The second-order valence-electron chi connectivity index (χ2n) is 7.02. The van der Waals surface area contributed by atoms with E-state index in [9.17, 15) is 4.79 Å². The third-order valence-electron chi connectivity index (χ3n) is 4.83. The first-order valence-corrected chi connectivity index (χ1v) is 10.9. The van der Waals surface area contributed by atoms with E-state index in [4.69, 9.17) is 9.47 Å². The van der Waals surface area contributed by atoms with Crippen molar-refractivity contribution in [1.82, 2.24) is 20.1 Å². The third kappa shape index (κ3) is 5.76. The molecule has 0 bridgehead atoms. The smallest absolute Gasteiger partial charge is 0.230 e. The molecule has 8 heteroatoms. The van der Waals surface area contributed by atoms with Gasteiger partial charge in [-0.15, -0.1) is 16.8 Å². The van der Waals surface area contributed by atoms with Gasteiger partial charge in [-0.05, 0) is 31.9 Å². The lowest BCUT2D eigenvalue weighted by atomic mass is 10.2. The molecule has 1 aliphatic carbocycles. The Kier molecular flexibility index (Phi) is 7.57. The van der Waals surface area contributed by atoms with Crippen molar-refractivity contribution in [2.75, 3.05) is 12.9 Å². The number of hydrogen-bond donors (Lipinski definition) is 1. The monoisotopic (exact) mass is 416 g/mol. The fourth-order valence-corrected chi connectivity index (χ4v) is 4.18. The maximum absolute atomic E-state index is 12.2. The first-order chi connectivity index (χ1) is 14.1. The van der Waals surface area contributed by atoms with Gasteiger partial charge in [-0.1, -0.05) is 36.7 Å². The van der Waals surface area contributed by atoms with Gasteiger partial charge in [-0.3, -0.25) is 9.36 Å². The van der Waals surface area contributed by atoms with E-state index in [1.807, 2.05) is 35.8 Å². The Morgan fingerprint density at radius 2 is 2.14 bits per heavy atom. The number of allylic oxidation sites excluding steroid dienone is 1. The average Bonchev–Trinajstić information content (AvgIpc) is 3.37. The zero-order valence-corrected chi connectivity index (χ0v) is 17.8. The number of rotatable bonds is 10. The van der Waals surface area contributed by atoms with Crippen LogP contribution in [0.4, 0.5) is 0 Å². The van der Waals surface area contributed by atoms with Gasteiger partial charge >= 0.3 is 0 Å². The SMILES string of the molecule is C=CCn1c(SCC(=O)NC2CCCC2)nnc1C(C)Oc1cccc(OC)c1. The van der Waals surface area contributed by atoms with Crippen LogP contribution in [0.3, 0.4) is 0 Å². The van der Waals surface area contributed by atoms with Gasteiger partial charge in [0.15, 0.2) is 17.1 Å². The van der Waals surface area contributed by atoms with Gasteiger partial charge in [-0.2, -0.15) is 0 Å². The van der Waals surface area contributed by atoms with E-state index >= 15 is 0 Å². The molecule has 1 aromatic heterocycles. The number of ether oxygens (including phenoxy) is 2. The Labute approximate surface area is 175 Å². The minimum Gasteiger partial charge on any atom is -0.497 e. The number of methoxy groups -OCH3 is 1. The van der Waals surface area contributed by atoms with Crippen molar-refractivity contribution in [2.24, 2.45) is 0 Å². The van der Waals surface area contributed by atoms with E-state index in [-0.39, 0.29) is 12.0 Å². The van der Waals surface area contributed by atoms with E-state index in [0.29, 0.717) is 35.1 Å². The Morgan fingerprint density at radius 3 is 2.86 bits per heavy atom. The van der Waals surface area contributed by atoms with Gasteiger partial charge in [0.2, 0.25) is 5.91 Å². The van der Waals surface area contributed by atoms with Crippen molar-refractivity contribution < 1.29 is 14.3 Å². The number of hydrogen-bond acceptors (Lipinski definition) is 6. The molecule has 1 aromatic carbocycles. The summed E-state index contributed by atoms with van der Waals surface area (Å²) in [7, 11) is 1.62. The highest BCUT2D eigenvalue weighted by molar-refractivity contribution is 7.99. The summed E-state index contributed by atoms with van der Waals surface area (Å²) in [6.07, 6.45) is 6.00. The van der Waals surface area contributed by atoms with Crippen LogP contribution in [0.1, 0.15) is 44.5 Å². The van der Waals surface area contributed by atoms with Crippen LogP contribution < -0.4 is 14.8 Å². The van der Waals surface area contributed by atoms with E-state index in [0.717, 1.165) is 18.6 Å². The van der Waals surface area contributed by atoms with E-state index in [1.165, 1.54) is 24.6 Å². The van der Waals surface area contributed by atoms with E-state index < -0.39 is 0 Å². The van der Waals surface area contributed by atoms with Crippen LogP contribution in [0.5, 0.6) is 11.5 Å². The van der Waals surface area contributed by atoms with E-state index in [2.05, 4.69) is 22.1 Å². The number of amides is 1. The number of nitrogens with zero attached hydrogens (tertiary/aromatic N) is 3. The largest absolute Gasteiger partial charge is 0.497 e. The predicted octanol–water partition coefficient (Wildman–Crippen LogP) is 3.76. The minimum absolute atomic E-state index is 0.0392. The Bertz CT molecular complexity index is 833. The van der Waals surface area contributed by atoms with Crippen molar-refractivity contribution in [3.05, 3.63) is 42.7 Å². The van der Waals surface area contributed by atoms with Crippen molar-refractivity contribution >= 4 is 17.7 Å². The lowest BCUT2D eigenvalue weighted by molar-refractivity contribution is -0.119. The highest BCUT2D eigenvalue weighted by atomic mass is 32.2. The molecule has 1 atom stereocenters. The van der Waals surface area contributed by atoms with Crippen LogP contribution in [-0.2, 0) is 11.3 Å². The topological polar surface area (TPSA) is 78.3 Å². The quantitative estimate of drug-likeness (QED) is 0.469. The molecule has 1 aliphatic rings. The normalized spacial score (nSPS) is 15.1. The molecule has 1 heterocycles. The molecule has 1 fully saturated rings. The van der Waals surface area contributed by atoms with Crippen LogP contribution in [0, 0.1) is 0 Å². The van der Waals surface area contributed by atoms with Crippen molar-refractivity contribution in [2.45, 2.75) is 56.5 Å². The van der Waals surface area contributed by atoms with Gasteiger partial charge in [-0.25, -0.2) is 0 Å². The summed E-state index contributed by atoms with van der Waals surface area (Å²) < 4.78 is 13.2. The second kappa shape index (κ2) is 10.3. The third-order valence-corrected chi connectivity index (χ3v) is 5.79. The lowest BCUT2D eigenvalue weighted by Gasteiger charge is -2.16. The van der Waals surface area contributed by atoms with Gasteiger partial charge in [0.25, 0.3) is 0 Å². The highest BCUT2D eigenvalue weighted by Crippen LogP contribution is 2.27. The summed E-state index contributed by atoms with van der Waals surface area (Å²) in [5, 5.41) is 12.4. The lowest BCUT2D eigenvalue weighted by Crippen LogP contribution is -2.33. The maximum Gasteiger partial charge on any atom is 0.230 e. The molecule has 7 nitrogen and oxygen atoms in total. The molecule has 0 spiro atoms. The summed E-state index contributed by atoms with van der Waals surface area (Å²) in [6, 6.07) is 7.76.